The number of para-hydroxylation sites is 1. The maximum absolute atomic E-state index is 11.9. The summed E-state index contributed by atoms with van der Waals surface area (Å²) in [4.78, 5) is 18.6. The number of nitrogens with one attached hydrogen (secondary N) is 2. The molecule has 1 heterocycles. The van der Waals surface area contributed by atoms with Crippen LogP contribution in [0.4, 0.5) is 0 Å². The number of hydrogen-bond acceptors (Lipinski definition) is 3. The van der Waals surface area contributed by atoms with Gasteiger partial charge in [-0.05, 0) is 30.5 Å². The predicted molar refractivity (Wildman–Crippen MR) is 140 cm³/mol. The molecule has 1 fully saturated rings. The first kappa shape index (κ1) is 25.7. The Bertz CT molecular complexity index is 916. The number of ether oxygens (including phenoxy) is 1. The molecule has 1 aliphatic rings. The first-order valence-corrected chi connectivity index (χ1v) is 10.9. The fourth-order valence-electron chi connectivity index (χ4n) is 3.55. The van der Waals surface area contributed by atoms with E-state index in [2.05, 4.69) is 35.4 Å². The van der Waals surface area contributed by atoms with Crippen molar-refractivity contribution in [3.05, 3.63) is 77.9 Å². The van der Waals surface area contributed by atoms with Crippen LogP contribution in [-0.4, -0.2) is 36.5 Å². The van der Waals surface area contributed by atoms with Gasteiger partial charge in [-0.1, -0.05) is 55.1 Å². The number of halogens is 1. The summed E-state index contributed by atoms with van der Waals surface area (Å²) in [6.45, 7) is 9.71. The predicted octanol–water partition coefficient (Wildman–Crippen LogP) is 4.25. The first-order chi connectivity index (χ1) is 15.2. The van der Waals surface area contributed by atoms with Crippen molar-refractivity contribution < 1.29 is 9.53 Å². The highest BCUT2D eigenvalue weighted by Gasteiger charge is 2.19. The lowest BCUT2D eigenvalue weighted by Gasteiger charge is -2.16. The summed E-state index contributed by atoms with van der Waals surface area (Å²) in [5.41, 5.74) is 3.33. The van der Waals surface area contributed by atoms with E-state index in [1.165, 1.54) is 0 Å². The first-order valence-electron chi connectivity index (χ1n) is 10.9. The fraction of sp³-hybridized carbons (Fsp3) is 0.360. The Kier molecular flexibility index (Phi) is 11.1. The average Bonchev–Trinajstić information content (AvgIpc) is 3.19. The third-order valence-corrected chi connectivity index (χ3v) is 5.08. The number of nitrogens with zero attached hydrogens (tertiary/aromatic N) is 2. The van der Waals surface area contributed by atoms with Crippen LogP contribution in [0.25, 0.3) is 0 Å². The number of carbonyl (C=O) groups excluding carboxylic acids is 1. The van der Waals surface area contributed by atoms with Gasteiger partial charge in [0.05, 0.1) is 6.54 Å². The number of carbonyl (C=O) groups is 1. The topological polar surface area (TPSA) is 66.0 Å². The summed E-state index contributed by atoms with van der Waals surface area (Å²) in [6.07, 6.45) is 3.37. The summed E-state index contributed by atoms with van der Waals surface area (Å²) < 4.78 is 5.74. The van der Waals surface area contributed by atoms with E-state index in [0.29, 0.717) is 32.7 Å². The summed E-state index contributed by atoms with van der Waals surface area (Å²) in [7, 11) is 0. The highest BCUT2D eigenvalue weighted by molar-refractivity contribution is 14.0. The third-order valence-electron chi connectivity index (χ3n) is 5.08. The molecule has 0 aromatic heterocycles. The molecule has 0 aliphatic carbocycles. The molecule has 0 saturated carbocycles. The number of likely N-dealkylation sites (tertiary alicyclic amines) is 1. The van der Waals surface area contributed by atoms with E-state index in [-0.39, 0.29) is 29.9 Å². The standard InChI is InChI=1S/C25H32N4O2.HI/c1-3-15-31-23-12-6-5-11-22(23)18-28-25(26-4-2)27-17-20-9-7-10-21(16-20)19-29-14-8-13-24(29)30;/h3,5-7,9-12,16H,1,4,8,13-15,17-19H2,2H3,(H2,26,27,28);1H. The number of hydrogen-bond donors (Lipinski definition) is 2. The number of amides is 1. The smallest absolute Gasteiger partial charge is 0.222 e. The summed E-state index contributed by atoms with van der Waals surface area (Å²) >= 11 is 0. The molecule has 0 bridgehead atoms. The van der Waals surface area contributed by atoms with E-state index in [9.17, 15) is 4.79 Å². The Labute approximate surface area is 208 Å². The maximum atomic E-state index is 11.9. The Morgan fingerprint density at radius 3 is 2.75 bits per heavy atom. The summed E-state index contributed by atoms with van der Waals surface area (Å²) in [5, 5.41) is 6.68. The van der Waals surface area contributed by atoms with Gasteiger partial charge in [-0.15, -0.1) is 24.0 Å². The Balaban J connectivity index is 0.00000363. The molecular weight excluding hydrogens is 515 g/mol. The average molecular weight is 548 g/mol. The number of aliphatic imine (C=N–C) groups is 1. The van der Waals surface area contributed by atoms with Gasteiger partial charge in [0.1, 0.15) is 12.4 Å². The number of rotatable bonds is 10. The molecule has 2 aromatic carbocycles. The molecule has 2 N–H and O–H groups in total. The van der Waals surface area contributed by atoms with Crippen molar-refractivity contribution in [2.24, 2.45) is 4.99 Å². The maximum Gasteiger partial charge on any atom is 0.222 e. The van der Waals surface area contributed by atoms with Crippen molar-refractivity contribution in [1.29, 1.82) is 0 Å². The van der Waals surface area contributed by atoms with E-state index in [1.807, 2.05) is 42.2 Å². The van der Waals surface area contributed by atoms with Crippen molar-refractivity contribution in [3.8, 4) is 5.75 Å². The lowest BCUT2D eigenvalue weighted by Crippen LogP contribution is -2.36. The summed E-state index contributed by atoms with van der Waals surface area (Å²) in [5.74, 6) is 1.84. The highest BCUT2D eigenvalue weighted by Crippen LogP contribution is 2.18. The van der Waals surface area contributed by atoms with Crippen LogP contribution in [0.15, 0.2) is 66.2 Å². The number of benzene rings is 2. The molecule has 0 radical (unpaired) electrons. The van der Waals surface area contributed by atoms with E-state index < -0.39 is 0 Å². The van der Waals surface area contributed by atoms with E-state index in [1.54, 1.807) is 6.08 Å². The number of guanidine groups is 1. The minimum atomic E-state index is 0. The molecule has 172 valence electrons. The van der Waals surface area contributed by atoms with Crippen LogP contribution in [0.1, 0.15) is 36.5 Å². The van der Waals surface area contributed by atoms with Crippen LogP contribution in [0.2, 0.25) is 0 Å². The second-order valence-corrected chi connectivity index (χ2v) is 7.49. The van der Waals surface area contributed by atoms with Crippen LogP contribution >= 0.6 is 24.0 Å². The normalized spacial score (nSPS) is 13.5. The van der Waals surface area contributed by atoms with Gasteiger partial charge in [-0.3, -0.25) is 4.79 Å². The van der Waals surface area contributed by atoms with E-state index >= 15 is 0 Å². The van der Waals surface area contributed by atoms with Gasteiger partial charge in [-0.2, -0.15) is 0 Å². The van der Waals surface area contributed by atoms with Crippen LogP contribution in [-0.2, 0) is 24.4 Å². The Morgan fingerprint density at radius 2 is 2.00 bits per heavy atom. The van der Waals surface area contributed by atoms with Crippen LogP contribution in [0.5, 0.6) is 5.75 Å². The minimum Gasteiger partial charge on any atom is -0.489 e. The van der Waals surface area contributed by atoms with Crippen molar-refractivity contribution >= 4 is 35.8 Å². The van der Waals surface area contributed by atoms with Crippen molar-refractivity contribution in [1.82, 2.24) is 15.5 Å². The molecule has 6 nitrogen and oxygen atoms in total. The van der Waals surface area contributed by atoms with Crippen molar-refractivity contribution in [2.45, 2.75) is 39.4 Å². The summed E-state index contributed by atoms with van der Waals surface area (Å²) in [6, 6.07) is 16.3. The lowest BCUT2D eigenvalue weighted by molar-refractivity contribution is -0.128. The fourth-order valence-corrected chi connectivity index (χ4v) is 3.55. The van der Waals surface area contributed by atoms with Gasteiger partial charge in [-0.25, -0.2) is 4.99 Å². The van der Waals surface area contributed by atoms with Gasteiger partial charge in [0.15, 0.2) is 5.96 Å². The van der Waals surface area contributed by atoms with Gasteiger partial charge in [0, 0.05) is 38.2 Å². The second-order valence-electron chi connectivity index (χ2n) is 7.49. The zero-order valence-corrected chi connectivity index (χ0v) is 21.0. The molecule has 3 rings (SSSR count). The van der Waals surface area contributed by atoms with Gasteiger partial charge in [0.25, 0.3) is 0 Å². The monoisotopic (exact) mass is 548 g/mol. The molecule has 0 unspecified atom stereocenters. The SMILES string of the molecule is C=CCOc1ccccc1CNC(=NCc1cccc(CN2CCCC2=O)c1)NCC.I. The molecule has 7 heteroatoms. The van der Waals surface area contributed by atoms with Gasteiger partial charge < -0.3 is 20.3 Å². The van der Waals surface area contributed by atoms with Crippen molar-refractivity contribution in [2.75, 3.05) is 19.7 Å². The second kappa shape index (κ2) is 13.8. The molecule has 0 spiro atoms. The lowest BCUT2D eigenvalue weighted by atomic mass is 10.1. The molecule has 1 saturated heterocycles. The molecule has 1 aliphatic heterocycles. The van der Waals surface area contributed by atoms with Crippen LogP contribution < -0.4 is 15.4 Å². The Hall–Kier alpha value is -2.55. The largest absolute Gasteiger partial charge is 0.489 e. The van der Waals surface area contributed by atoms with E-state index in [0.717, 1.165) is 47.9 Å². The molecule has 1 amide bonds. The van der Waals surface area contributed by atoms with E-state index in [4.69, 9.17) is 9.73 Å². The third kappa shape index (κ3) is 7.85. The highest BCUT2D eigenvalue weighted by atomic mass is 127. The van der Waals surface area contributed by atoms with Crippen molar-refractivity contribution in [3.63, 3.8) is 0 Å². The quantitative estimate of drug-likeness (QED) is 0.202. The van der Waals surface area contributed by atoms with Gasteiger partial charge in [0.2, 0.25) is 5.91 Å². The minimum absolute atomic E-state index is 0. The molecule has 0 atom stereocenters. The molecular formula is C25H33IN4O2. The van der Waals surface area contributed by atoms with Crippen LogP contribution in [0, 0.1) is 0 Å². The molecule has 32 heavy (non-hydrogen) atoms. The van der Waals surface area contributed by atoms with Crippen LogP contribution in [0.3, 0.4) is 0 Å². The molecule has 2 aromatic rings. The van der Waals surface area contributed by atoms with Gasteiger partial charge >= 0.3 is 0 Å². The zero-order chi connectivity index (χ0) is 21.9. The Morgan fingerprint density at radius 1 is 1.19 bits per heavy atom. The zero-order valence-electron chi connectivity index (χ0n) is 18.7.